The van der Waals surface area contributed by atoms with Gasteiger partial charge in [0, 0.05) is 51.0 Å². The van der Waals surface area contributed by atoms with Crippen molar-refractivity contribution in [3.05, 3.63) is 23.8 Å². The maximum atomic E-state index is 12.7. The highest BCUT2D eigenvalue weighted by molar-refractivity contribution is 5.43. The van der Waals surface area contributed by atoms with Gasteiger partial charge in [0.05, 0.1) is 7.11 Å². The van der Waals surface area contributed by atoms with Gasteiger partial charge in [-0.2, -0.15) is 0 Å². The average Bonchev–Trinajstić information content (AvgIpc) is 2.63. The molecule has 8 heteroatoms. The first kappa shape index (κ1) is 19.3. The number of halogens is 3. The van der Waals surface area contributed by atoms with Crippen LogP contribution >= 0.6 is 0 Å². The van der Waals surface area contributed by atoms with Crippen LogP contribution in [0.1, 0.15) is 24.4 Å². The SMILES string of the molecule is COc1ccc(OC(F)(F)F)cc1[C@@H](C1CCOCC1)N1CCNCC1. The molecule has 0 aromatic heterocycles. The molecule has 1 aromatic rings. The summed E-state index contributed by atoms with van der Waals surface area (Å²) in [6.45, 7) is 4.76. The number of alkyl halides is 3. The zero-order chi connectivity index (χ0) is 18.6. The first-order valence-electron chi connectivity index (χ1n) is 8.94. The minimum Gasteiger partial charge on any atom is -0.496 e. The average molecular weight is 374 g/mol. The molecule has 0 bridgehead atoms. The number of hydrogen-bond donors (Lipinski definition) is 1. The van der Waals surface area contributed by atoms with E-state index in [-0.39, 0.29) is 11.8 Å². The van der Waals surface area contributed by atoms with E-state index in [1.807, 2.05) is 0 Å². The Labute approximate surface area is 151 Å². The van der Waals surface area contributed by atoms with Crippen molar-refractivity contribution in [2.45, 2.75) is 25.2 Å². The predicted octanol–water partition coefficient (Wildman–Crippen LogP) is 2.97. The van der Waals surface area contributed by atoms with Gasteiger partial charge in [-0.25, -0.2) is 0 Å². The lowest BCUT2D eigenvalue weighted by atomic mass is 9.85. The summed E-state index contributed by atoms with van der Waals surface area (Å²) in [5, 5.41) is 3.32. The first-order valence-corrected chi connectivity index (χ1v) is 8.94. The van der Waals surface area contributed by atoms with Crippen LogP contribution < -0.4 is 14.8 Å². The second kappa shape index (κ2) is 8.45. The van der Waals surface area contributed by atoms with Crippen LogP contribution in [-0.2, 0) is 4.74 Å². The Morgan fingerprint density at radius 3 is 2.50 bits per heavy atom. The molecule has 1 aromatic carbocycles. The van der Waals surface area contributed by atoms with Gasteiger partial charge < -0.3 is 19.5 Å². The van der Waals surface area contributed by atoms with Crippen LogP contribution in [-0.4, -0.2) is 57.8 Å². The van der Waals surface area contributed by atoms with Crippen molar-refractivity contribution in [1.29, 1.82) is 0 Å². The van der Waals surface area contributed by atoms with Gasteiger partial charge in [0.25, 0.3) is 0 Å². The molecule has 1 N–H and O–H groups in total. The zero-order valence-electron chi connectivity index (χ0n) is 14.8. The third kappa shape index (κ3) is 4.81. The second-order valence-electron chi connectivity index (χ2n) is 6.63. The third-order valence-electron chi connectivity index (χ3n) is 5.01. The number of piperazine rings is 1. The molecule has 3 rings (SSSR count). The Balaban J connectivity index is 1.96. The molecule has 0 saturated carbocycles. The van der Waals surface area contributed by atoms with E-state index in [0.29, 0.717) is 24.9 Å². The standard InChI is InChI=1S/C18H25F3N2O3/c1-24-16-3-2-14(26-18(19,20)21)12-15(16)17(13-4-10-25-11-5-13)23-8-6-22-7-9-23/h2-3,12-13,17,22H,4-11H2,1H3/t17-/m1/s1. The predicted molar refractivity (Wildman–Crippen MR) is 90.4 cm³/mol. The number of rotatable bonds is 5. The molecule has 0 spiro atoms. The van der Waals surface area contributed by atoms with E-state index in [4.69, 9.17) is 9.47 Å². The molecule has 2 saturated heterocycles. The molecule has 5 nitrogen and oxygen atoms in total. The van der Waals surface area contributed by atoms with E-state index in [1.54, 1.807) is 13.2 Å². The van der Waals surface area contributed by atoms with Crippen molar-refractivity contribution in [3.8, 4) is 11.5 Å². The number of nitrogens with zero attached hydrogens (tertiary/aromatic N) is 1. The van der Waals surface area contributed by atoms with Gasteiger partial charge in [-0.3, -0.25) is 4.90 Å². The summed E-state index contributed by atoms with van der Waals surface area (Å²) in [5.41, 5.74) is 0.753. The highest BCUT2D eigenvalue weighted by Crippen LogP contribution is 2.41. The van der Waals surface area contributed by atoms with Gasteiger partial charge in [-0.1, -0.05) is 0 Å². The first-order chi connectivity index (χ1) is 12.5. The molecular weight excluding hydrogens is 349 g/mol. The lowest BCUT2D eigenvalue weighted by molar-refractivity contribution is -0.274. The Hall–Kier alpha value is -1.51. The van der Waals surface area contributed by atoms with Crippen LogP contribution in [0.4, 0.5) is 13.2 Å². The lowest BCUT2D eigenvalue weighted by Crippen LogP contribution is -2.47. The maximum Gasteiger partial charge on any atom is 0.573 e. The maximum absolute atomic E-state index is 12.7. The molecule has 146 valence electrons. The third-order valence-corrected chi connectivity index (χ3v) is 5.01. The van der Waals surface area contributed by atoms with E-state index >= 15 is 0 Å². The summed E-state index contributed by atoms with van der Waals surface area (Å²) in [6.07, 6.45) is -2.96. The fraction of sp³-hybridized carbons (Fsp3) is 0.667. The van der Waals surface area contributed by atoms with Gasteiger partial charge in [0.15, 0.2) is 0 Å². The number of ether oxygens (including phenoxy) is 3. The summed E-state index contributed by atoms with van der Waals surface area (Å²) < 4.78 is 53.2. The number of hydrogen-bond acceptors (Lipinski definition) is 5. The van der Waals surface area contributed by atoms with Gasteiger partial charge in [-0.05, 0) is 37.0 Å². The lowest BCUT2D eigenvalue weighted by Gasteiger charge is -2.41. The molecule has 0 unspecified atom stereocenters. The largest absolute Gasteiger partial charge is 0.573 e. The van der Waals surface area contributed by atoms with E-state index in [0.717, 1.165) is 44.6 Å². The molecule has 2 aliphatic heterocycles. The van der Waals surface area contributed by atoms with Crippen molar-refractivity contribution in [2.75, 3.05) is 46.5 Å². The quantitative estimate of drug-likeness (QED) is 0.858. The Morgan fingerprint density at radius 1 is 1.19 bits per heavy atom. The van der Waals surface area contributed by atoms with Gasteiger partial charge in [0.2, 0.25) is 0 Å². The number of benzene rings is 1. The summed E-state index contributed by atoms with van der Waals surface area (Å²) in [6, 6.07) is 4.32. The molecule has 0 aliphatic carbocycles. The number of nitrogens with one attached hydrogen (secondary N) is 1. The van der Waals surface area contributed by atoms with E-state index in [2.05, 4.69) is 15.0 Å². The van der Waals surface area contributed by atoms with E-state index < -0.39 is 6.36 Å². The van der Waals surface area contributed by atoms with Crippen molar-refractivity contribution in [1.82, 2.24) is 10.2 Å². The van der Waals surface area contributed by atoms with Crippen LogP contribution in [0.3, 0.4) is 0 Å². The van der Waals surface area contributed by atoms with Crippen LogP contribution in [0.5, 0.6) is 11.5 Å². The Morgan fingerprint density at radius 2 is 1.88 bits per heavy atom. The molecule has 0 amide bonds. The van der Waals surface area contributed by atoms with Gasteiger partial charge in [0.1, 0.15) is 11.5 Å². The summed E-state index contributed by atoms with van der Waals surface area (Å²) in [7, 11) is 1.54. The van der Waals surface area contributed by atoms with Gasteiger partial charge in [-0.15, -0.1) is 13.2 Å². The minimum atomic E-state index is -4.71. The van der Waals surface area contributed by atoms with Crippen molar-refractivity contribution in [3.63, 3.8) is 0 Å². The van der Waals surface area contributed by atoms with Crippen molar-refractivity contribution >= 4 is 0 Å². The fourth-order valence-electron chi connectivity index (χ4n) is 3.88. The molecule has 0 radical (unpaired) electrons. The fourth-order valence-corrected chi connectivity index (χ4v) is 3.88. The Bertz CT molecular complexity index is 568. The van der Waals surface area contributed by atoms with Crippen LogP contribution in [0, 0.1) is 5.92 Å². The molecule has 26 heavy (non-hydrogen) atoms. The summed E-state index contributed by atoms with van der Waals surface area (Å²) in [4.78, 5) is 2.34. The minimum absolute atomic E-state index is 0.0206. The van der Waals surface area contributed by atoms with Crippen LogP contribution in [0.15, 0.2) is 18.2 Å². The zero-order valence-corrected chi connectivity index (χ0v) is 14.8. The Kier molecular flexibility index (Phi) is 6.26. The second-order valence-corrected chi connectivity index (χ2v) is 6.63. The molecule has 2 aliphatic rings. The van der Waals surface area contributed by atoms with Gasteiger partial charge >= 0.3 is 6.36 Å². The molecular formula is C18H25F3N2O3. The summed E-state index contributed by atoms with van der Waals surface area (Å²) >= 11 is 0. The van der Waals surface area contributed by atoms with Crippen molar-refractivity contribution in [2.24, 2.45) is 5.92 Å². The van der Waals surface area contributed by atoms with E-state index in [1.165, 1.54) is 12.1 Å². The normalized spacial score (nSPS) is 21.4. The smallest absolute Gasteiger partial charge is 0.496 e. The van der Waals surface area contributed by atoms with E-state index in [9.17, 15) is 13.2 Å². The molecule has 2 fully saturated rings. The monoisotopic (exact) mass is 374 g/mol. The van der Waals surface area contributed by atoms with Crippen LogP contribution in [0.25, 0.3) is 0 Å². The highest BCUT2D eigenvalue weighted by Gasteiger charge is 2.35. The highest BCUT2D eigenvalue weighted by atomic mass is 19.4. The number of methoxy groups -OCH3 is 1. The van der Waals surface area contributed by atoms with Crippen molar-refractivity contribution < 1.29 is 27.4 Å². The molecule has 1 atom stereocenters. The molecule has 2 heterocycles. The summed E-state index contributed by atoms with van der Waals surface area (Å²) in [5.74, 6) is 0.687. The topological polar surface area (TPSA) is 43.0 Å². The van der Waals surface area contributed by atoms with Crippen LogP contribution in [0.2, 0.25) is 0 Å².